The zero-order chi connectivity index (χ0) is 26.2. The van der Waals surface area contributed by atoms with E-state index >= 15 is 0 Å². The number of carbonyl (C=O) groups is 2. The van der Waals surface area contributed by atoms with Crippen molar-refractivity contribution in [2.24, 2.45) is 0 Å². The van der Waals surface area contributed by atoms with Crippen molar-refractivity contribution in [3.05, 3.63) is 84.0 Å². The molecular formula is C29H33N3O5. The van der Waals surface area contributed by atoms with Gasteiger partial charge in [-0.1, -0.05) is 31.9 Å². The molecule has 8 nitrogen and oxygen atoms in total. The topological polar surface area (TPSA) is 93.9 Å². The van der Waals surface area contributed by atoms with Crippen LogP contribution in [0.25, 0.3) is 5.76 Å². The van der Waals surface area contributed by atoms with E-state index in [1.165, 1.54) is 0 Å². The molecule has 1 aliphatic heterocycles. The van der Waals surface area contributed by atoms with E-state index in [4.69, 9.17) is 9.47 Å². The Morgan fingerprint density at radius 1 is 1.03 bits per heavy atom. The van der Waals surface area contributed by atoms with Crippen LogP contribution in [-0.4, -0.2) is 51.5 Å². The van der Waals surface area contributed by atoms with E-state index in [0.29, 0.717) is 48.7 Å². The lowest BCUT2D eigenvalue weighted by molar-refractivity contribution is -0.139. The standard InChI is InChI=1S/C29H33N3O5/c1-3-4-5-18-37-24-9-6-8-22(19-24)26-25(27(33)21-10-12-23(36-2)13-11-21)28(34)29(35)32(26)16-7-15-31-17-14-30-20-31/h6,8-14,17,19-20,26,33H,3-5,7,15-16,18H2,1-2H3. The number of aromatic nitrogens is 2. The summed E-state index contributed by atoms with van der Waals surface area (Å²) in [6, 6.07) is 13.5. The van der Waals surface area contributed by atoms with Crippen molar-refractivity contribution in [1.29, 1.82) is 0 Å². The average molecular weight is 504 g/mol. The molecule has 8 heteroatoms. The number of rotatable bonds is 12. The van der Waals surface area contributed by atoms with Crippen LogP contribution < -0.4 is 9.47 Å². The van der Waals surface area contributed by atoms with E-state index in [-0.39, 0.29) is 11.3 Å². The Morgan fingerprint density at radius 3 is 2.54 bits per heavy atom. The van der Waals surface area contributed by atoms with Crippen LogP contribution in [0, 0.1) is 0 Å². The van der Waals surface area contributed by atoms with Gasteiger partial charge in [0.1, 0.15) is 17.3 Å². The Balaban J connectivity index is 1.68. The summed E-state index contributed by atoms with van der Waals surface area (Å²) in [5.41, 5.74) is 1.22. The Labute approximate surface area is 217 Å². The van der Waals surface area contributed by atoms with Crippen molar-refractivity contribution < 1.29 is 24.2 Å². The van der Waals surface area contributed by atoms with Gasteiger partial charge in [-0.3, -0.25) is 9.59 Å². The lowest BCUT2D eigenvalue weighted by Crippen LogP contribution is -2.31. The second-order valence-electron chi connectivity index (χ2n) is 9.00. The minimum Gasteiger partial charge on any atom is -0.507 e. The molecule has 0 spiro atoms. The number of carbonyl (C=O) groups excluding carboxylic acids is 2. The van der Waals surface area contributed by atoms with Crippen LogP contribution in [0.1, 0.15) is 49.8 Å². The molecule has 0 bridgehead atoms. The molecule has 1 aromatic heterocycles. The van der Waals surface area contributed by atoms with E-state index in [0.717, 1.165) is 19.3 Å². The fourth-order valence-electron chi connectivity index (χ4n) is 4.52. The van der Waals surface area contributed by atoms with Gasteiger partial charge in [-0.15, -0.1) is 0 Å². The van der Waals surface area contributed by atoms with E-state index in [2.05, 4.69) is 11.9 Å². The summed E-state index contributed by atoms with van der Waals surface area (Å²) in [5.74, 6) is -0.240. The van der Waals surface area contributed by atoms with E-state index in [9.17, 15) is 14.7 Å². The number of aliphatic hydroxyl groups excluding tert-OH is 1. The first-order chi connectivity index (χ1) is 18.0. The number of Topliss-reactive ketones (excluding diaryl/α,β-unsaturated/α-hetero) is 1. The van der Waals surface area contributed by atoms with Gasteiger partial charge in [0.05, 0.1) is 31.7 Å². The highest BCUT2D eigenvalue weighted by atomic mass is 16.5. The summed E-state index contributed by atoms with van der Waals surface area (Å²) in [5, 5.41) is 11.3. The molecule has 1 unspecified atom stereocenters. The number of likely N-dealkylation sites (tertiary alicyclic amines) is 1. The molecule has 0 saturated carbocycles. The van der Waals surface area contributed by atoms with Gasteiger partial charge in [0, 0.05) is 31.0 Å². The van der Waals surface area contributed by atoms with Gasteiger partial charge >= 0.3 is 0 Å². The molecule has 2 aromatic carbocycles. The summed E-state index contributed by atoms with van der Waals surface area (Å²) < 4.78 is 13.1. The summed E-state index contributed by atoms with van der Waals surface area (Å²) >= 11 is 0. The third-order valence-electron chi connectivity index (χ3n) is 6.47. The van der Waals surface area contributed by atoms with Gasteiger partial charge in [0.2, 0.25) is 0 Å². The number of hydrogen-bond acceptors (Lipinski definition) is 6. The number of ketones is 1. The maximum absolute atomic E-state index is 13.3. The predicted molar refractivity (Wildman–Crippen MR) is 140 cm³/mol. The highest BCUT2D eigenvalue weighted by molar-refractivity contribution is 6.46. The highest BCUT2D eigenvalue weighted by Crippen LogP contribution is 2.40. The quantitative estimate of drug-likeness (QED) is 0.162. The monoisotopic (exact) mass is 503 g/mol. The maximum Gasteiger partial charge on any atom is 0.295 e. The third-order valence-corrected chi connectivity index (χ3v) is 6.47. The van der Waals surface area contributed by atoms with Crippen LogP contribution in [0.3, 0.4) is 0 Å². The fourth-order valence-corrected chi connectivity index (χ4v) is 4.52. The molecule has 1 amide bonds. The lowest BCUT2D eigenvalue weighted by Gasteiger charge is -2.26. The van der Waals surface area contributed by atoms with E-state index in [1.807, 2.05) is 35.0 Å². The SMILES string of the molecule is CCCCCOc1cccc(C2C(=C(O)c3ccc(OC)cc3)C(=O)C(=O)N2CCCn2ccnc2)c1. The number of unbranched alkanes of at least 4 members (excludes halogenated alkanes) is 2. The van der Waals surface area contributed by atoms with Crippen LogP contribution >= 0.6 is 0 Å². The molecule has 1 atom stereocenters. The minimum absolute atomic E-state index is 0.0703. The summed E-state index contributed by atoms with van der Waals surface area (Å²) in [4.78, 5) is 32.1. The van der Waals surface area contributed by atoms with Gasteiger partial charge < -0.3 is 24.0 Å². The Bertz CT molecular complexity index is 1230. The van der Waals surface area contributed by atoms with Crippen molar-refractivity contribution in [2.75, 3.05) is 20.3 Å². The summed E-state index contributed by atoms with van der Waals surface area (Å²) in [7, 11) is 1.56. The van der Waals surface area contributed by atoms with Crippen LogP contribution in [0.15, 0.2) is 72.8 Å². The first-order valence-electron chi connectivity index (χ1n) is 12.6. The normalized spacial score (nSPS) is 16.8. The molecule has 1 N–H and O–H groups in total. The second-order valence-corrected chi connectivity index (χ2v) is 9.00. The lowest BCUT2D eigenvalue weighted by atomic mass is 9.95. The zero-order valence-corrected chi connectivity index (χ0v) is 21.3. The molecule has 0 radical (unpaired) electrons. The Kier molecular flexibility index (Phi) is 8.61. The van der Waals surface area contributed by atoms with Gasteiger partial charge in [-0.25, -0.2) is 4.98 Å². The number of hydrogen-bond donors (Lipinski definition) is 1. The molecule has 1 saturated heterocycles. The summed E-state index contributed by atoms with van der Waals surface area (Å²) in [6.45, 7) is 3.72. The van der Waals surface area contributed by atoms with E-state index in [1.54, 1.807) is 48.8 Å². The van der Waals surface area contributed by atoms with Gasteiger partial charge in [-0.05, 0) is 54.8 Å². The van der Waals surface area contributed by atoms with Gasteiger partial charge in [-0.2, -0.15) is 0 Å². The first-order valence-corrected chi connectivity index (χ1v) is 12.6. The molecule has 1 aliphatic rings. The average Bonchev–Trinajstić information content (AvgIpc) is 3.53. The number of aliphatic hydroxyl groups is 1. The largest absolute Gasteiger partial charge is 0.507 e. The number of nitrogens with zero attached hydrogens (tertiary/aromatic N) is 3. The molecule has 0 aliphatic carbocycles. The first kappa shape index (κ1) is 26.0. The number of amides is 1. The smallest absolute Gasteiger partial charge is 0.295 e. The number of aryl methyl sites for hydroxylation is 1. The van der Waals surface area contributed by atoms with Crippen molar-refractivity contribution in [3.8, 4) is 11.5 Å². The van der Waals surface area contributed by atoms with Gasteiger partial charge in [0.15, 0.2) is 0 Å². The van der Waals surface area contributed by atoms with Gasteiger partial charge in [0.25, 0.3) is 11.7 Å². The number of ether oxygens (including phenoxy) is 2. The van der Waals surface area contributed by atoms with Crippen LogP contribution in [0.5, 0.6) is 11.5 Å². The van der Waals surface area contributed by atoms with Crippen LogP contribution in [0.2, 0.25) is 0 Å². The third kappa shape index (κ3) is 6.02. The number of imidazole rings is 1. The maximum atomic E-state index is 13.3. The minimum atomic E-state index is -0.732. The van der Waals surface area contributed by atoms with Crippen LogP contribution in [0.4, 0.5) is 0 Å². The van der Waals surface area contributed by atoms with Crippen molar-refractivity contribution in [1.82, 2.24) is 14.5 Å². The molecule has 194 valence electrons. The fraction of sp³-hybridized carbons (Fsp3) is 0.345. The molecule has 2 heterocycles. The number of methoxy groups -OCH3 is 1. The van der Waals surface area contributed by atoms with Crippen molar-refractivity contribution in [3.63, 3.8) is 0 Å². The van der Waals surface area contributed by atoms with Crippen molar-refractivity contribution in [2.45, 2.75) is 45.2 Å². The van der Waals surface area contributed by atoms with Crippen LogP contribution in [-0.2, 0) is 16.1 Å². The molecule has 37 heavy (non-hydrogen) atoms. The molecule has 1 fully saturated rings. The number of benzene rings is 2. The second kappa shape index (κ2) is 12.3. The van der Waals surface area contributed by atoms with E-state index < -0.39 is 17.7 Å². The molecule has 3 aromatic rings. The summed E-state index contributed by atoms with van der Waals surface area (Å²) in [6.07, 6.45) is 9.03. The predicted octanol–water partition coefficient (Wildman–Crippen LogP) is 4.97. The highest BCUT2D eigenvalue weighted by Gasteiger charge is 2.45. The molecule has 4 rings (SSSR count). The zero-order valence-electron chi connectivity index (χ0n) is 21.3. The van der Waals surface area contributed by atoms with Crippen molar-refractivity contribution >= 4 is 17.4 Å². The Hall–Kier alpha value is -4.07. The Morgan fingerprint density at radius 2 is 1.84 bits per heavy atom. The molecular weight excluding hydrogens is 470 g/mol.